The molecule has 1 aliphatic rings. The van der Waals surface area contributed by atoms with E-state index in [1.807, 2.05) is 6.07 Å². The average Bonchev–Trinajstić information content (AvgIpc) is 3.09. The Kier molecular flexibility index (Phi) is 5.45. The summed E-state index contributed by atoms with van der Waals surface area (Å²) >= 11 is 0. The Balaban J connectivity index is 1.90. The Bertz CT molecular complexity index is 1130. The van der Waals surface area contributed by atoms with Crippen LogP contribution in [0.25, 0.3) is 5.76 Å². The highest BCUT2D eigenvalue weighted by Crippen LogP contribution is 2.42. The Morgan fingerprint density at radius 3 is 1.90 bits per heavy atom. The van der Waals surface area contributed by atoms with Gasteiger partial charge in [-0.3, -0.25) is 14.5 Å². The van der Waals surface area contributed by atoms with Crippen molar-refractivity contribution >= 4 is 23.1 Å². The predicted molar refractivity (Wildman–Crippen MR) is 117 cm³/mol. The third-order valence-corrected chi connectivity index (χ3v) is 5.27. The Labute approximate surface area is 180 Å². The number of carbonyl (C=O) groups excluding carboxylic acids is 2. The summed E-state index contributed by atoms with van der Waals surface area (Å²) in [5.41, 5.74) is 1.70. The topological polar surface area (TPSA) is 76.1 Å². The molecule has 0 bridgehead atoms. The van der Waals surface area contributed by atoms with Gasteiger partial charge in [-0.2, -0.15) is 0 Å². The smallest absolute Gasteiger partial charge is 0.300 e. The number of aliphatic hydroxyl groups is 1. The zero-order valence-electron chi connectivity index (χ0n) is 17.1. The van der Waals surface area contributed by atoms with E-state index in [-0.39, 0.29) is 11.3 Å². The van der Waals surface area contributed by atoms with Gasteiger partial charge < -0.3 is 14.6 Å². The normalized spacial score (nSPS) is 17.6. The van der Waals surface area contributed by atoms with Crippen molar-refractivity contribution in [1.29, 1.82) is 0 Å². The van der Waals surface area contributed by atoms with Crippen LogP contribution < -0.4 is 14.4 Å². The maximum Gasteiger partial charge on any atom is 0.300 e. The summed E-state index contributed by atoms with van der Waals surface area (Å²) in [7, 11) is 3.11. The van der Waals surface area contributed by atoms with E-state index in [4.69, 9.17) is 9.47 Å². The lowest BCUT2D eigenvalue weighted by molar-refractivity contribution is -0.132. The molecule has 1 amide bonds. The maximum absolute atomic E-state index is 13.1. The molecule has 1 aliphatic heterocycles. The lowest BCUT2D eigenvalue weighted by atomic mass is 9.95. The molecule has 0 radical (unpaired) electrons. The quantitative estimate of drug-likeness (QED) is 0.381. The van der Waals surface area contributed by atoms with Crippen molar-refractivity contribution in [2.24, 2.45) is 0 Å². The van der Waals surface area contributed by atoms with E-state index >= 15 is 0 Å². The fourth-order valence-corrected chi connectivity index (χ4v) is 3.69. The third kappa shape index (κ3) is 3.64. The van der Waals surface area contributed by atoms with E-state index in [9.17, 15) is 14.7 Å². The molecule has 6 nitrogen and oxygen atoms in total. The molecule has 1 N–H and O–H groups in total. The second kappa shape index (κ2) is 8.36. The number of nitrogens with zero attached hydrogens (tertiary/aromatic N) is 1. The van der Waals surface area contributed by atoms with Gasteiger partial charge in [0.1, 0.15) is 17.3 Å². The summed E-state index contributed by atoms with van der Waals surface area (Å²) in [5.74, 6) is -0.399. The lowest BCUT2D eigenvalue weighted by Gasteiger charge is -2.25. The molecule has 0 aliphatic carbocycles. The summed E-state index contributed by atoms with van der Waals surface area (Å²) in [6.07, 6.45) is 0. The van der Waals surface area contributed by atoms with Crippen LogP contribution in [0.3, 0.4) is 0 Å². The number of ether oxygens (including phenoxy) is 2. The number of hydrogen-bond donors (Lipinski definition) is 1. The predicted octanol–water partition coefficient (Wildman–Crippen LogP) is 4.33. The molecule has 6 heteroatoms. The fourth-order valence-electron chi connectivity index (χ4n) is 3.69. The van der Waals surface area contributed by atoms with Crippen molar-refractivity contribution in [1.82, 2.24) is 0 Å². The van der Waals surface area contributed by atoms with Crippen molar-refractivity contribution in [2.45, 2.75) is 6.04 Å². The van der Waals surface area contributed by atoms with E-state index in [2.05, 4.69) is 0 Å². The average molecular weight is 415 g/mol. The van der Waals surface area contributed by atoms with Gasteiger partial charge >= 0.3 is 0 Å². The zero-order valence-corrected chi connectivity index (χ0v) is 17.1. The lowest BCUT2D eigenvalue weighted by Crippen LogP contribution is -2.29. The van der Waals surface area contributed by atoms with Crippen LogP contribution in [0.2, 0.25) is 0 Å². The van der Waals surface area contributed by atoms with Gasteiger partial charge in [0.25, 0.3) is 11.7 Å². The fraction of sp³-hybridized carbons (Fsp3) is 0.120. The monoisotopic (exact) mass is 415 g/mol. The number of rotatable bonds is 5. The van der Waals surface area contributed by atoms with E-state index in [0.717, 1.165) is 0 Å². The highest BCUT2D eigenvalue weighted by molar-refractivity contribution is 6.51. The van der Waals surface area contributed by atoms with E-state index in [1.54, 1.807) is 87.0 Å². The van der Waals surface area contributed by atoms with Crippen LogP contribution in [0, 0.1) is 0 Å². The number of Topliss-reactive ketones (excluding diaryl/α,β-unsaturated/α-hetero) is 1. The number of benzene rings is 3. The minimum atomic E-state index is -0.782. The number of aliphatic hydroxyl groups excluding tert-OH is 1. The molecule has 0 aromatic heterocycles. The summed E-state index contributed by atoms with van der Waals surface area (Å²) < 4.78 is 10.4. The van der Waals surface area contributed by atoms with Gasteiger partial charge in [-0.25, -0.2) is 0 Å². The van der Waals surface area contributed by atoms with Crippen molar-refractivity contribution in [3.8, 4) is 11.5 Å². The summed E-state index contributed by atoms with van der Waals surface area (Å²) in [6, 6.07) is 21.9. The van der Waals surface area contributed by atoms with Crippen molar-refractivity contribution in [3.63, 3.8) is 0 Å². The molecule has 156 valence electrons. The summed E-state index contributed by atoms with van der Waals surface area (Å²) in [4.78, 5) is 27.5. The molecule has 31 heavy (non-hydrogen) atoms. The second-order valence-electron chi connectivity index (χ2n) is 7.01. The first kappa shape index (κ1) is 20.2. The molecule has 0 spiro atoms. The molecule has 1 saturated heterocycles. The van der Waals surface area contributed by atoms with Gasteiger partial charge in [-0.05, 0) is 54.1 Å². The van der Waals surface area contributed by atoms with E-state index in [0.29, 0.717) is 28.3 Å². The van der Waals surface area contributed by atoms with Crippen molar-refractivity contribution < 1.29 is 24.2 Å². The van der Waals surface area contributed by atoms with E-state index < -0.39 is 17.7 Å². The Hall–Kier alpha value is -4.06. The first-order valence-electron chi connectivity index (χ1n) is 9.69. The zero-order chi connectivity index (χ0) is 22.0. The maximum atomic E-state index is 13.1. The molecule has 3 aromatic carbocycles. The van der Waals surface area contributed by atoms with Gasteiger partial charge in [-0.15, -0.1) is 0 Å². The van der Waals surface area contributed by atoms with Crippen molar-refractivity contribution in [2.75, 3.05) is 19.1 Å². The number of amides is 1. The number of hydrogen-bond acceptors (Lipinski definition) is 5. The molecular weight excluding hydrogens is 394 g/mol. The van der Waals surface area contributed by atoms with Gasteiger partial charge in [0.2, 0.25) is 0 Å². The Morgan fingerprint density at radius 2 is 1.35 bits per heavy atom. The van der Waals surface area contributed by atoms with E-state index in [1.165, 1.54) is 4.90 Å². The SMILES string of the molecule is COc1ccc(/C(O)=C2/C(=O)C(=O)N(c3ccccc3)C2c2ccc(OC)cc2)cc1. The number of carbonyl (C=O) groups is 2. The van der Waals surface area contributed by atoms with Crippen LogP contribution in [0.15, 0.2) is 84.4 Å². The number of methoxy groups -OCH3 is 2. The Morgan fingerprint density at radius 1 is 0.806 bits per heavy atom. The highest BCUT2D eigenvalue weighted by Gasteiger charge is 2.46. The molecular formula is C25H21NO5. The van der Waals surface area contributed by atoms with Crippen LogP contribution >= 0.6 is 0 Å². The van der Waals surface area contributed by atoms with Gasteiger partial charge in [-0.1, -0.05) is 30.3 Å². The van der Waals surface area contributed by atoms with Crippen LogP contribution in [-0.2, 0) is 9.59 Å². The molecule has 1 atom stereocenters. The molecule has 1 fully saturated rings. The standard InChI is InChI=1S/C25H21NO5/c1-30-19-12-8-16(9-13-19)22-21(23(27)17-10-14-20(31-2)15-11-17)24(28)25(29)26(22)18-6-4-3-5-7-18/h3-15,22,27H,1-2H3/b23-21-. The highest BCUT2D eigenvalue weighted by atomic mass is 16.5. The van der Waals surface area contributed by atoms with Crippen LogP contribution in [0.5, 0.6) is 11.5 Å². The van der Waals surface area contributed by atoms with Crippen LogP contribution in [0.1, 0.15) is 17.2 Å². The number of para-hydroxylation sites is 1. The van der Waals surface area contributed by atoms with Gasteiger partial charge in [0.05, 0.1) is 25.8 Å². The molecule has 4 rings (SSSR count). The minimum absolute atomic E-state index is 0.0317. The van der Waals surface area contributed by atoms with Crippen molar-refractivity contribution in [3.05, 3.63) is 95.6 Å². The van der Waals surface area contributed by atoms with Crippen LogP contribution in [0.4, 0.5) is 5.69 Å². The van der Waals surface area contributed by atoms with Gasteiger partial charge in [0, 0.05) is 11.3 Å². The molecule has 0 saturated carbocycles. The minimum Gasteiger partial charge on any atom is -0.507 e. The largest absolute Gasteiger partial charge is 0.507 e. The van der Waals surface area contributed by atoms with Crippen LogP contribution in [-0.4, -0.2) is 31.0 Å². The number of anilines is 1. The third-order valence-electron chi connectivity index (χ3n) is 5.27. The molecule has 1 unspecified atom stereocenters. The number of ketones is 1. The second-order valence-corrected chi connectivity index (χ2v) is 7.01. The molecule has 1 heterocycles. The summed E-state index contributed by atoms with van der Waals surface area (Å²) in [5, 5.41) is 11.1. The first-order valence-corrected chi connectivity index (χ1v) is 9.69. The van der Waals surface area contributed by atoms with Gasteiger partial charge in [0.15, 0.2) is 0 Å². The first-order chi connectivity index (χ1) is 15.0. The molecule has 3 aromatic rings. The summed E-state index contributed by atoms with van der Waals surface area (Å²) in [6.45, 7) is 0.